The number of hydrogen-bond donors (Lipinski definition) is 1. The Labute approximate surface area is 136 Å². The van der Waals surface area contributed by atoms with Crippen LogP contribution in [-0.2, 0) is 18.3 Å². The average molecular weight is 317 g/mol. The molecule has 0 aliphatic carbocycles. The highest BCUT2D eigenvalue weighted by Crippen LogP contribution is 2.20. The third kappa shape index (κ3) is 4.91. The standard InChI is InChI=1S/C17H23N3OS/c1-4-22-16-8-6-15(7-9-16)13(2)19-17(21)10-5-14-11-18-20(3)12-14/h6-9,11-13H,4-5,10H2,1-3H3,(H,19,21)/t13-/m0/s1. The molecule has 0 spiro atoms. The first kappa shape index (κ1) is 16.6. The molecule has 22 heavy (non-hydrogen) atoms. The first-order valence-corrected chi connectivity index (χ1v) is 8.56. The first-order chi connectivity index (χ1) is 10.6. The molecule has 1 atom stereocenters. The quantitative estimate of drug-likeness (QED) is 0.797. The molecule has 0 aliphatic rings. The lowest BCUT2D eigenvalue weighted by atomic mass is 10.1. The molecule has 0 fully saturated rings. The van der Waals surface area contributed by atoms with Gasteiger partial charge in [0.1, 0.15) is 0 Å². The molecule has 4 nitrogen and oxygen atoms in total. The van der Waals surface area contributed by atoms with E-state index in [1.54, 1.807) is 10.9 Å². The van der Waals surface area contributed by atoms with Gasteiger partial charge in [0, 0.05) is 24.6 Å². The lowest BCUT2D eigenvalue weighted by Crippen LogP contribution is -2.26. The van der Waals surface area contributed by atoms with E-state index < -0.39 is 0 Å². The van der Waals surface area contributed by atoms with Gasteiger partial charge in [-0.25, -0.2) is 0 Å². The van der Waals surface area contributed by atoms with E-state index in [1.807, 2.05) is 31.9 Å². The summed E-state index contributed by atoms with van der Waals surface area (Å²) in [4.78, 5) is 13.3. The van der Waals surface area contributed by atoms with Crippen molar-refractivity contribution in [3.8, 4) is 0 Å². The topological polar surface area (TPSA) is 46.9 Å². The zero-order chi connectivity index (χ0) is 15.9. The van der Waals surface area contributed by atoms with Crippen LogP contribution in [-0.4, -0.2) is 21.4 Å². The molecule has 1 aromatic carbocycles. The maximum atomic E-state index is 12.0. The van der Waals surface area contributed by atoms with Crippen molar-refractivity contribution in [3.63, 3.8) is 0 Å². The number of carbonyl (C=O) groups excluding carboxylic acids is 1. The van der Waals surface area contributed by atoms with Gasteiger partial charge in [0.25, 0.3) is 0 Å². The summed E-state index contributed by atoms with van der Waals surface area (Å²) in [5.74, 6) is 1.14. The minimum Gasteiger partial charge on any atom is -0.350 e. The van der Waals surface area contributed by atoms with Crippen LogP contribution in [0.1, 0.15) is 37.4 Å². The molecule has 1 aromatic heterocycles. The molecule has 0 saturated carbocycles. The van der Waals surface area contributed by atoms with E-state index in [1.165, 1.54) is 4.90 Å². The summed E-state index contributed by atoms with van der Waals surface area (Å²) in [5, 5.41) is 7.16. The molecule has 0 unspecified atom stereocenters. The molecule has 118 valence electrons. The second kappa shape index (κ2) is 8.03. The monoisotopic (exact) mass is 317 g/mol. The third-order valence-corrected chi connectivity index (χ3v) is 4.36. The van der Waals surface area contributed by atoms with Crippen molar-refractivity contribution in [1.29, 1.82) is 0 Å². The number of rotatable bonds is 7. The van der Waals surface area contributed by atoms with Crippen molar-refractivity contribution in [2.24, 2.45) is 7.05 Å². The zero-order valence-corrected chi connectivity index (χ0v) is 14.2. The molecule has 1 heterocycles. The van der Waals surface area contributed by atoms with Gasteiger partial charge in [-0.2, -0.15) is 5.10 Å². The van der Waals surface area contributed by atoms with Crippen LogP contribution in [0, 0.1) is 0 Å². The van der Waals surface area contributed by atoms with Crippen LogP contribution in [0.4, 0.5) is 0 Å². The van der Waals surface area contributed by atoms with Crippen LogP contribution in [0.5, 0.6) is 0 Å². The summed E-state index contributed by atoms with van der Waals surface area (Å²) >= 11 is 1.82. The second-order valence-corrected chi connectivity index (χ2v) is 6.65. The molecule has 5 heteroatoms. The summed E-state index contributed by atoms with van der Waals surface area (Å²) in [6.45, 7) is 4.16. The van der Waals surface area contributed by atoms with Crippen LogP contribution < -0.4 is 5.32 Å². The van der Waals surface area contributed by atoms with E-state index >= 15 is 0 Å². The number of nitrogens with zero attached hydrogens (tertiary/aromatic N) is 2. The molecule has 0 radical (unpaired) electrons. The minimum atomic E-state index is 0.0297. The largest absolute Gasteiger partial charge is 0.350 e. The third-order valence-electron chi connectivity index (χ3n) is 3.47. The number of aromatic nitrogens is 2. The van der Waals surface area contributed by atoms with Crippen LogP contribution in [0.25, 0.3) is 0 Å². The van der Waals surface area contributed by atoms with Gasteiger partial charge >= 0.3 is 0 Å². The lowest BCUT2D eigenvalue weighted by Gasteiger charge is -2.14. The summed E-state index contributed by atoms with van der Waals surface area (Å²) in [5.41, 5.74) is 2.22. The van der Waals surface area contributed by atoms with Crippen LogP contribution >= 0.6 is 11.8 Å². The fourth-order valence-corrected chi connectivity index (χ4v) is 2.94. The van der Waals surface area contributed by atoms with Gasteiger partial charge in [0.2, 0.25) is 5.91 Å². The van der Waals surface area contributed by atoms with Gasteiger partial charge in [0.05, 0.1) is 12.2 Å². The highest BCUT2D eigenvalue weighted by atomic mass is 32.2. The molecule has 1 amide bonds. The minimum absolute atomic E-state index is 0.0297. The van der Waals surface area contributed by atoms with E-state index in [0.717, 1.165) is 23.3 Å². The number of nitrogens with one attached hydrogen (secondary N) is 1. The SMILES string of the molecule is CCSc1ccc([C@H](C)NC(=O)CCc2cnn(C)c2)cc1. The average Bonchev–Trinajstić information content (AvgIpc) is 2.92. The van der Waals surface area contributed by atoms with Gasteiger partial charge < -0.3 is 5.32 Å². The summed E-state index contributed by atoms with van der Waals surface area (Å²) in [6, 6.07) is 8.43. The molecule has 0 saturated heterocycles. The van der Waals surface area contributed by atoms with Crippen molar-refractivity contribution >= 4 is 17.7 Å². The highest BCUT2D eigenvalue weighted by Gasteiger charge is 2.10. The Morgan fingerprint density at radius 3 is 2.68 bits per heavy atom. The summed E-state index contributed by atoms with van der Waals surface area (Å²) in [6.07, 6.45) is 4.96. The number of benzene rings is 1. The number of amides is 1. The Balaban J connectivity index is 1.82. The fourth-order valence-electron chi connectivity index (χ4n) is 2.28. The molecular formula is C17H23N3OS. The Morgan fingerprint density at radius 2 is 2.09 bits per heavy atom. The first-order valence-electron chi connectivity index (χ1n) is 7.58. The van der Waals surface area contributed by atoms with Crippen molar-refractivity contribution < 1.29 is 4.79 Å². The zero-order valence-electron chi connectivity index (χ0n) is 13.4. The Bertz CT molecular complexity index is 607. The van der Waals surface area contributed by atoms with Crippen LogP contribution in [0.3, 0.4) is 0 Å². The van der Waals surface area contributed by atoms with Crippen molar-refractivity contribution in [3.05, 3.63) is 47.8 Å². The molecule has 2 aromatic rings. The molecule has 2 rings (SSSR count). The Kier molecular flexibility index (Phi) is 6.07. The maximum Gasteiger partial charge on any atom is 0.220 e. The highest BCUT2D eigenvalue weighted by molar-refractivity contribution is 7.99. The number of carbonyl (C=O) groups is 1. The molecular weight excluding hydrogens is 294 g/mol. The van der Waals surface area contributed by atoms with E-state index in [9.17, 15) is 4.79 Å². The normalized spacial score (nSPS) is 12.1. The lowest BCUT2D eigenvalue weighted by molar-refractivity contribution is -0.121. The van der Waals surface area contributed by atoms with Gasteiger partial charge in [-0.15, -0.1) is 11.8 Å². The summed E-state index contributed by atoms with van der Waals surface area (Å²) in [7, 11) is 1.88. The summed E-state index contributed by atoms with van der Waals surface area (Å²) < 4.78 is 1.76. The van der Waals surface area contributed by atoms with E-state index in [2.05, 4.69) is 41.6 Å². The van der Waals surface area contributed by atoms with Gasteiger partial charge in [-0.05, 0) is 42.4 Å². The maximum absolute atomic E-state index is 12.0. The van der Waals surface area contributed by atoms with E-state index in [0.29, 0.717) is 6.42 Å². The van der Waals surface area contributed by atoms with E-state index in [-0.39, 0.29) is 11.9 Å². The van der Waals surface area contributed by atoms with Gasteiger partial charge in [-0.3, -0.25) is 9.48 Å². The molecule has 1 N–H and O–H groups in total. The van der Waals surface area contributed by atoms with E-state index in [4.69, 9.17) is 0 Å². The van der Waals surface area contributed by atoms with Gasteiger partial charge in [0.15, 0.2) is 0 Å². The smallest absolute Gasteiger partial charge is 0.220 e. The predicted molar refractivity (Wildman–Crippen MR) is 90.9 cm³/mol. The predicted octanol–water partition coefficient (Wildman–Crippen LogP) is 3.34. The fraction of sp³-hybridized carbons (Fsp3) is 0.412. The van der Waals surface area contributed by atoms with Crippen molar-refractivity contribution in [2.75, 3.05) is 5.75 Å². The molecule has 0 aliphatic heterocycles. The van der Waals surface area contributed by atoms with Crippen LogP contribution in [0.2, 0.25) is 0 Å². The van der Waals surface area contributed by atoms with Crippen molar-refractivity contribution in [2.45, 2.75) is 37.6 Å². The van der Waals surface area contributed by atoms with Gasteiger partial charge in [-0.1, -0.05) is 19.1 Å². The Morgan fingerprint density at radius 1 is 1.36 bits per heavy atom. The number of thioether (sulfide) groups is 1. The number of hydrogen-bond acceptors (Lipinski definition) is 3. The number of aryl methyl sites for hydroxylation is 2. The van der Waals surface area contributed by atoms with Crippen LogP contribution in [0.15, 0.2) is 41.6 Å². The Hall–Kier alpha value is -1.75. The van der Waals surface area contributed by atoms with Crippen molar-refractivity contribution in [1.82, 2.24) is 15.1 Å². The second-order valence-electron chi connectivity index (χ2n) is 5.31. The molecule has 0 bridgehead atoms.